The van der Waals surface area contributed by atoms with Crippen molar-refractivity contribution in [2.24, 2.45) is 5.73 Å². The summed E-state index contributed by atoms with van der Waals surface area (Å²) in [6.45, 7) is 3.48. The molecule has 0 heterocycles. The van der Waals surface area contributed by atoms with Gasteiger partial charge in [0.15, 0.2) is 0 Å². The van der Waals surface area contributed by atoms with Crippen LogP contribution in [-0.4, -0.2) is 14.2 Å². The van der Waals surface area contributed by atoms with Gasteiger partial charge < -0.3 is 5.73 Å². The maximum absolute atomic E-state index is 11.3. The quantitative estimate of drug-likeness (QED) is 0.819. The Bertz CT molecular complexity index is 410. The molecule has 15 heavy (non-hydrogen) atoms. The first-order chi connectivity index (χ1) is 6.94. The van der Waals surface area contributed by atoms with Crippen molar-refractivity contribution in [2.75, 3.05) is 10.5 Å². The molecule has 3 N–H and O–H groups in total. The molecular formula is C10H16N2O2S. The molecule has 1 aromatic carbocycles. The maximum Gasteiger partial charge on any atom is 0.232 e. The van der Waals surface area contributed by atoms with Gasteiger partial charge in [-0.3, -0.25) is 4.72 Å². The molecule has 0 aromatic heterocycles. The number of sulfonamides is 1. The van der Waals surface area contributed by atoms with Crippen LogP contribution >= 0.6 is 0 Å². The van der Waals surface area contributed by atoms with E-state index < -0.39 is 10.0 Å². The fourth-order valence-corrected chi connectivity index (χ4v) is 1.75. The first-order valence-corrected chi connectivity index (χ1v) is 6.46. The second-order valence-corrected chi connectivity index (χ2v) is 5.43. The predicted molar refractivity (Wildman–Crippen MR) is 62.1 cm³/mol. The molecule has 0 spiro atoms. The second-order valence-electron chi connectivity index (χ2n) is 3.42. The highest BCUT2D eigenvalue weighted by molar-refractivity contribution is 7.92. The molecule has 0 aliphatic carbocycles. The van der Waals surface area contributed by atoms with Gasteiger partial charge in [-0.25, -0.2) is 8.42 Å². The van der Waals surface area contributed by atoms with E-state index in [1.807, 2.05) is 19.1 Å². The lowest BCUT2D eigenvalue weighted by Crippen LogP contribution is -2.14. The minimum absolute atomic E-state index is 0.0400. The van der Waals surface area contributed by atoms with Crippen molar-refractivity contribution in [2.45, 2.75) is 19.9 Å². The van der Waals surface area contributed by atoms with Crippen LogP contribution in [0.4, 0.5) is 5.69 Å². The fourth-order valence-electron chi connectivity index (χ4n) is 1.11. The Morgan fingerprint density at radius 1 is 1.33 bits per heavy atom. The molecule has 1 aromatic rings. The van der Waals surface area contributed by atoms with Crippen LogP contribution in [0.15, 0.2) is 24.3 Å². The lowest BCUT2D eigenvalue weighted by molar-refractivity contribution is 0.602. The molecule has 0 aliphatic rings. The van der Waals surface area contributed by atoms with E-state index in [2.05, 4.69) is 4.72 Å². The van der Waals surface area contributed by atoms with Gasteiger partial charge in [0.05, 0.1) is 5.75 Å². The third-order valence-electron chi connectivity index (χ3n) is 2.09. The van der Waals surface area contributed by atoms with Crippen LogP contribution in [0, 0.1) is 0 Å². The summed E-state index contributed by atoms with van der Waals surface area (Å²) in [5.41, 5.74) is 7.23. The largest absolute Gasteiger partial charge is 0.324 e. The minimum Gasteiger partial charge on any atom is -0.324 e. The van der Waals surface area contributed by atoms with Crippen molar-refractivity contribution in [1.82, 2.24) is 0 Å². The van der Waals surface area contributed by atoms with Crippen LogP contribution in [-0.2, 0) is 10.0 Å². The summed E-state index contributed by atoms with van der Waals surface area (Å²) in [6, 6.07) is 7.02. The molecule has 4 nitrogen and oxygen atoms in total. The van der Waals surface area contributed by atoms with Gasteiger partial charge in [-0.2, -0.15) is 0 Å². The number of nitrogens with one attached hydrogen (secondary N) is 1. The summed E-state index contributed by atoms with van der Waals surface area (Å²) in [7, 11) is -3.19. The molecule has 5 heteroatoms. The smallest absolute Gasteiger partial charge is 0.232 e. The monoisotopic (exact) mass is 228 g/mol. The molecule has 0 fully saturated rings. The third kappa shape index (κ3) is 3.53. The Balaban J connectivity index is 2.82. The summed E-state index contributed by atoms with van der Waals surface area (Å²) in [5.74, 6) is 0.0715. The highest BCUT2D eigenvalue weighted by Crippen LogP contribution is 2.15. The van der Waals surface area contributed by atoms with Crippen molar-refractivity contribution >= 4 is 15.7 Å². The Kier molecular flexibility index (Phi) is 3.71. The van der Waals surface area contributed by atoms with Crippen molar-refractivity contribution in [3.63, 3.8) is 0 Å². The Morgan fingerprint density at radius 2 is 1.87 bits per heavy atom. The minimum atomic E-state index is -3.19. The average molecular weight is 228 g/mol. The Labute approximate surface area is 90.5 Å². The highest BCUT2D eigenvalue weighted by Gasteiger charge is 2.06. The number of hydrogen-bond acceptors (Lipinski definition) is 3. The van der Waals surface area contributed by atoms with Crippen molar-refractivity contribution in [1.29, 1.82) is 0 Å². The standard InChI is InChI=1S/C10H16N2O2S/c1-3-15(13,14)12-10-6-4-9(5-7-10)8(2)11/h4-8,12H,3,11H2,1-2H3/t8-/m1/s1. The molecule has 0 radical (unpaired) electrons. The first-order valence-electron chi connectivity index (χ1n) is 4.80. The summed E-state index contributed by atoms with van der Waals surface area (Å²) in [6.07, 6.45) is 0. The highest BCUT2D eigenvalue weighted by atomic mass is 32.2. The van der Waals surface area contributed by atoms with Crippen LogP contribution < -0.4 is 10.5 Å². The van der Waals surface area contributed by atoms with Crippen LogP contribution in [0.2, 0.25) is 0 Å². The zero-order valence-electron chi connectivity index (χ0n) is 8.90. The van der Waals surface area contributed by atoms with E-state index in [9.17, 15) is 8.42 Å². The van der Waals surface area contributed by atoms with Gasteiger partial charge >= 0.3 is 0 Å². The van der Waals surface area contributed by atoms with E-state index >= 15 is 0 Å². The predicted octanol–water partition coefficient (Wildman–Crippen LogP) is 1.47. The topological polar surface area (TPSA) is 72.2 Å². The van der Waals surface area contributed by atoms with Gasteiger partial charge in [0.1, 0.15) is 0 Å². The molecule has 1 atom stereocenters. The zero-order valence-corrected chi connectivity index (χ0v) is 9.71. The number of benzene rings is 1. The number of rotatable bonds is 4. The lowest BCUT2D eigenvalue weighted by atomic mass is 10.1. The van der Waals surface area contributed by atoms with Gasteiger partial charge in [0, 0.05) is 11.7 Å². The normalized spacial score (nSPS) is 13.5. The van der Waals surface area contributed by atoms with Gasteiger partial charge in [0.25, 0.3) is 0 Å². The second kappa shape index (κ2) is 4.63. The Hall–Kier alpha value is -1.07. The van der Waals surface area contributed by atoms with Crippen LogP contribution in [0.5, 0.6) is 0 Å². The number of nitrogens with two attached hydrogens (primary N) is 1. The third-order valence-corrected chi connectivity index (χ3v) is 3.40. The van der Waals surface area contributed by atoms with Crippen molar-refractivity contribution in [3.8, 4) is 0 Å². The van der Waals surface area contributed by atoms with Gasteiger partial charge in [-0.05, 0) is 31.5 Å². The van der Waals surface area contributed by atoms with Crippen LogP contribution in [0.3, 0.4) is 0 Å². The zero-order chi connectivity index (χ0) is 11.5. The summed E-state index contributed by atoms with van der Waals surface area (Å²) < 4.78 is 25.0. The van der Waals surface area contributed by atoms with Crippen molar-refractivity contribution < 1.29 is 8.42 Å². The molecule has 0 saturated heterocycles. The molecule has 84 valence electrons. The van der Waals surface area contributed by atoms with Gasteiger partial charge in [-0.1, -0.05) is 12.1 Å². The summed E-state index contributed by atoms with van der Waals surface area (Å²) in [5, 5.41) is 0. The first kappa shape index (κ1) is 12.0. The van der Waals surface area contributed by atoms with Gasteiger partial charge in [0.2, 0.25) is 10.0 Å². The molecule has 0 amide bonds. The maximum atomic E-state index is 11.3. The Morgan fingerprint density at radius 3 is 2.27 bits per heavy atom. The molecular weight excluding hydrogens is 212 g/mol. The molecule has 1 rings (SSSR count). The van der Waals surface area contributed by atoms with Crippen LogP contribution in [0.1, 0.15) is 25.5 Å². The lowest BCUT2D eigenvalue weighted by Gasteiger charge is -2.08. The van der Waals surface area contributed by atoms with Crippen LogP contribution in [0.25, 0.3) is 0 Å². The van der Waals surface area contributed by atoms with Crippen molar-refractivity contribution in [3.05, 3.63) is 29.8 Å². The molecule has 0 aliphatic heterocycles. The molecule has 0 unspecified atom stereocenters. The average Bonchev–Trinajstić information content (AvgIpc) is 2.18. The van der Waals surface area contributed by atoms with E-state index in [-0.39, 0.29) is 11.8 Å². The summed E-state index contributed by atoms with van der Waals surface area (Å²) in [4.78, 5) is 0. The number of anilines is 1. The number of hydrogen-bond donors (Lipinski definition) is 2. The molecule has 0 bridgehead atoms. The van der Waals surface area contributed by atoms with E-state index in [1.165, 1.54) is 0 Å². The fraction of sp³-hybridized carbons (Fsp3) is 0.400. The summed E-state index contributed by atoms with van der Waals surface area (Å²) >= 11 is 0. The van der Waals surface area contributed by atoms with E-state index in [0.717, 1.165) is 5.56 Å². The van der Waals surface area contributed by atoms with E-state index in [1.54, 1.807) is 19.1 Å². The van der Waals surface area contributed by atoms with E-state index in [0.29, 0.717) is 5.69 Å². The molecule has 0 saturated carbocycles. The van der Waals surface area contributed by atoms with E-state index in [4.69, 9.17) is 5.73 Å². The van der Waals surface area contributed by atoms with Gasteiger partial charge in [-0.15, -0.1) is 0 Å². The SMILES string of the molecule is CCS(=O)(=O)Nc1ccc([C@@H](C)N)cc1.